The first-order chi connectivity index (χ1) is 9.24. The summed E-state index contributed by atoms with van der Waals surface area (Å²) in [7, 11) is 0. The van der Waals surface area contributed by atoms with Crippen molar-refractivity contribution in [2.75, 3.05) is 5.73 Å². The molecule has 0 aliphatic carbocycles. The first-order valence-corrected chi connectivity index (χ1v) is 8.08. The second-order valence-corrected chi connectivity index (χ2v) is 6.69. The summed E-state index contributed by atoms with van der Waals surface area (Å²) in [5.41, 5.74) is 5.92. The molecule has 0 aliphatic heterocycles. The van der Waals surface area contributed by atoms with Crippen molar-refractivity contribution in [3.8, 4) is 9.88 Å². The highest BCUT2D eigenvalue weighted by Gasteiger charge is 2.20. The fourth-order valence-electron chi connectivity index (χ4n) is 1.60. The molecule has 104 valence electrons. The van der Waals surface area contributed by atoms with Gasteiger partial charge in [-0.1, -0.05) is 17.2 Å². The molecule has 0 amide bonds. The highest BCUT2D eigenvalue weighted by atomic mass is 79.9. The quantitative estimate of drug-likeness (QED) is 0.493. The predicted molar refractivity (Wildman–Crippen MR) is 78.7 cm³/mol. The van der Waals surface area contributed by atoms with E-state index in [0.29, 0.717) is 5.13 Å². The molecule has 3 aromatic rings. The van der Waals surface area contributed by atoms with Crippen molar-refractivity contribution in [3.05, 3.63) is 39.9 Å². The van der Waals surface area contributed by atoms with E-state index in [1.54, 1.807) is 16.0 Å². The average Bonchev–Trinajstić information content (AvgIpc) is 3.09. The van der Waals surface area contributed by atoms with Crippen molar-refractivity contribution in [1.29, 1.82) is 0 Å². The standard InChI is InChI=1S/C12H9N3OS3.BrH/c13-12-15(7-8(16)9-3-1-5-17-9)14-11(19-12)10-4-2-6-18-10;/h1-6,13H,7H2;1H. The van der Waals surface area contributed by atoms with Crippen LogP contribution in [-0.2, 0) is 6.54 Å². The molecule has 0 saturated carbocycles. The highest BCUT2D eigenvalue weighted by Crippen LogP contribution is 2.27. The largest absolute Gasteiger partial charge is 1.00 e. The topological polar surface area (TPSA) is 59.9 Å². The number of aromatic nitrogens is 2. The van der Waals surface area contributed by atoms with Crippen LogP contribution in [0.2, 0.25) is 0 Å². The molecule has 3 heterocycles. The smallest absolute Gasteiger partial charge is 0.355 e. The van der Waals surface area contributed by atoms with Gasteiger partial charge in [-0.05, 0) is 34.2 Å². The van der Waals surface area contributed by atoms with Crippen LogP contribution in [0.5, 0.6) is 0 Å². The van der Waals surface area contributed by atoms with E-state index in [2.05, 4.69) is 5.10 Å². The molecule has 0 aromatic carbocycles. The minimum absolute atomic E-state index is 0. The molecule has 0 radical (unpaired) electrons. The number of carbonyl (C=O) groups is 1. The number of hydrogen-bond acceptors (Lipinski definition) is 6. The van der Waals surface area contributed by atoms with Gasteiger partial charge < -0.3 is 17.0 Å². The summed E-state index contributed by atoms with van der Waals surface area (Å²) in [6.45, 7) is 0.189. The van der Waals surface area contributed by atoms with Gasteiger partial charge in [0.1, 0.15) is 0 Å². The monoisotopic (exact) mass is 387 g/mol. The number of thiophene rings is 2. The lowest BCUT2D eigenvalue weighted by atomic mass is 10.3. The summed E-state index contributed by atoms with van der Waals surface area (Å²) in [6.07, 6.45) is 0. The molecule has 8 heteroatoms. The molecule has 0 aliphatic rings. The summed E-state index contributed by atoms with van der Waals surface area (Å²) in [4.78, 5) is 13.8. The van der Waals surface area contributed by atoms with Crippen LogP contribution < -0.4 is 27.4 Å². The fraction of sp³-hybridized carbons (Fsp3) is 0.0833. The van der Waals surface area contributed by atoms with E-state index in [9.17, 15) is 4.79 Å². The van der Waals surface area contributed by atoms with Crippen LogP contribution in [0.15, 0.2) is 35.0 Å². The van der Waals surface area contributed by atoms with Gasteiger partial charge in [-0.3, -0.25) is 10.5 Å². The zero-order valence-electron chi connectivity index (χ0n) is 10.2. The third-order valence-electron chi connectivity index (χ3n) is 2.49. The summed E-state index contributed by atoms with van der Waals surface area (Å²) in [5.74, 6) is 0.0368. The molecule has 0 fully saturated rings. The maximum Gasteiger partial charge on any atom is 0.355 e. The SMILES string of the molecule is Nc1sc(-c2cccs2)n[n+]1CC(=O)c1cccs1.[Br-]. The van der Waals surface area contributed by atoms with E-state index in [1.807, 2.05) is 35.0 Å². The van der Waals surface area contributed by atoms with Crippen molar-refractivity contribution in [3.63, 3.8) is 0 Å². The number of nitrogens with two attached hydrogens (primary N) is 1. The maximum atomic E-state index is 12.0. The minimum atomic E-state index is 0. The summed E-state index contributed by atoms with van der Waals surface area (Å²) in [5, 5.41) is 9.69. The van der Waals surface area contributed by atoms with Gasteiger partial charge in [0.15, 0.2) is 11.6 Å². The number of nitrogens with zero attached hydrogens (tertiary/aromatic N) is 2. The Morgan fingerprint density at radius 3 is 2.65 bits per heavy atom. The second kappa shape index (κ2) is 6.57. The fourth-order valence-corrected chi connectivity index (χ4v) is 3.84. The lowest BCUT2D eigenvalue weighted by Gasteiger charge is -1.93. The molecule has 0 spiro atoms. The first-order valence-electron chi connectivity index (χ1n) is 5.51. The number of ketones is 1. The van der Waals surface area contributed by atoms with E-state index < -0.39 is 0 Å². The summed E-state index contributed by atoms with van der Waals surface area (Å²) >= 11 is 4.45. The third kappa shape index (κ3) is 3.14. The lowest BCUT2D eigenvalue weighted by Crippen LogP contribution is -3.00. The van der Waals surface area contributed by atoms with Crippen LogP contribution in [0.3, 0.4) is 0 Å². The number of halogens is 1. The van der Waals surface area contributed by atoms with Crippen molar-refractivity contribution in [1.82, 2.24) is 5.10 Å². The van der Waals surface area contributed by atoms with E-state index in [-0.39, 0.29) is 29.3 Å². The van der Waals surface area contributed by atoms with Crippen LogP contribution in [0, 0.1) is 0 Å². The molecule has 3 rings (SSSR count). The third-order valence-corrected chi connectivity index (χ3v) is 5.32. The van der Waals surface area contributed by atoms with E-state index in [0.717, 1.165) is 14.8 Å². The van der Waals surface area contributed by atoms with Gasteiger partial charge in [0.05, 0.1) is 9.75 Å². The molecule has 0 saturated heterocycles. The molecule has 0 unspecified atom stereocenters. The zero-order valence-corrected chi connectivity index (χ0v) is 14.2. The molecular weight excluding hydrogens is 378 g/mol. The number of carbonyl (C=O) groups excluding carboxylic acids is 1. The summed E-state index contributed by atoms with van der Waals surface area (Å²) < 4.78 is 1.57. The van der Waals surface area contributed by atoms with E-state index in [1.165, 1.54) is 22.7 Å². The maximum absolute atomic E-state index is 12.0. The van der Waals surface area contributed by atoms with Crippen LogP contribution in [0.4, 0.5) is 5.13 Å². The van der Waals surface area contributed by atoms with Gasteiger partial charge in [-0.2, -0.15) is 0 Å². The Balaban J connectivity index is 0.00000147. The molecule has 0 atom stereocenters. The Kier molecular flexibility index (Phi) is 5.03. The van der Waals surface area contributed by atoms with Crippen LogP contribution >= 0.6 is 34.0 Å². The van der Waals surface area contributed by atoms with Crippen LogP contribution in [0.25, 0.3) is 9.88 Å². The second-order valence-electron chi connectivity index (χ2n) is 3.78. The Hall–Kier alpha value is -1.09. The molecule has 20 heavy (non-hydrogen) atoms. The van der Waals surface area contributed by atoms with Gasteiger partial charge in [0.2, 0.25) is 5.78 Å². The lowest BCUT2D eigenvalue weighted by molar-refractivity contribution is -0.722. The molecule has 2 N–H and O–H groups in total. The van der Waals surface area contributed by atoms with E-state index in [4.69, 9.17) is 5.73 Å². The average molecular weight is 388 g/mol. The van der Waals surface area contributed by atoms with Gasteiger partial charge in [0, 0.05) is 0 Å². The molecule has 4 nitrogen and oxygen atoms in total. The predicted octanol–water partition coefficient (Wildman–Crippen LogP) is -0.310. The number of Topliss-reactive ketones (excluding diaryl/α,β-unsaturated/α-hetero) is 1. The normalized spacial score (nSPS) is 10.2. The van der Waals surface area contributed by atoms with Crippen LogP contribution in [0.1, 0.15) is 9.67 Å². The Bertz CT molecular complexity index is 692. The van der Waals surface area contributed by atoms with Gasteiger partial charge in [0.25, 0.3) is 0 Å². The zero-order chi connectivity index (χ0) is 13.2. The van der Waals surface area contributed by atoms with E-state index >= 15 is 0 Å². The molecule has 0 bridgehead atoms. The number of anilines is 1. The Morgan fingerprint density at radius 2 is 2.00 bits per heavy atom. The van der Waals surface area contributed by atoms with Crippen molar-refractivity contribution < 1.29 is 26.5 Å². The first kappa shape index (κ1) is 15.3. The molecular formula is C12H10BrN3OS3. The van der Waals surface area contributed by atoms with Crippen molar-refractivity contribution in [2.45, 2.75) is 6.54 Å². The van der Waals surface area contributed by atoms with Crippen molar-refractivity contribution >= 4 is 44.9 Å². The number of hydrogen-bond donors (Lipinski definition) is 1. The Morgan fingerprint density at radius 1 is 1.25 bits per heavy atom. The molecule has 3 aromatic heterocycles. The van der Waals surface area contributed by atoms with Gasteiger partial charge in [-0.15, -0.1) is 27.4 Å². The number of rotatable bonds is 4. The van der Waals surface area contributed by atoms with Gasteiger partial charge >= 0.3 is 5.13 Å². The minimum Gasteiger partial charge on any atom is -1.00 e. The summed E-state index contributed by atoms with van der Waals surface area (Å²) in [6, 6.07) is 7.65. The van der Waals surface area contributed by atoms with Crippen LogP contribution in [-0.4, -0.2) is 10.9 Å². The highest BCUT2D eigenvalue weighted by molar-refractivity contribution is 7.22. The number of nitrogen functional groups attached to an aromatic ring is 1. The van der Waals surface area contributed by atoms with Gasteiger partial charge in [-0.25, -0.2) is 0 Å². The van der Waals surface area contributed by atoms with Crippen molar-refractivity contribution in [2.24, 2.45) is 0 Å². The Labute approximate surface area is 138 Å².